The smallest absolute Gasteiger partial charge is 0.161 e. The lowest BCUT2D eigenvalue weighted by Crippen LogP contribution is -2.31. The Bertz CT molecular complexity index is 482. The third-order valence-electron chi connectivity index (χ3n) is 3.79. The van der Waals surface area contributed by atoms with Crippen LogP contribution in [0, 0.1) is 17.2 Å². The van der Waals surface area contributed by atoms with Crippen molar-refractivity contribution in [3.05, 3.63) is 23.8 Å². The lowest BCUT2D eigenvalue weighted by molar-refractivity contribution is 0.344. The van der Waals surface area contributed by atoms with E-state index in [4.69, 9.17) is 9.47 Å². The summed E-state index contributed by atoms with van der Waals surface area (Å²) in [6.45, 7) is 4.18. The second kappa shape index (κ2) is 7.54. The summed E-state index contributed by atoms with van der Waals surface area (Å²) in [6.07, 6.45) is 1.78. The number of nitrogens with zero attached hydrogens (tertiary/aromatic N) is 1. The van der Waals surface area contributed by atoms with Gasteiger partial charge in [0.05, 0.1) is 25.7 Å². The van der Waals surface area contributed by atoms with Gasteiger partial charge in [0.15, 0.2) is 11.5 Å². The molecule has 0 spiro atoms. The highest BCUT2D eigenvalue weighted by molar-refractivity contribution is 9.09. The topological polar surface area (TPSA) is 42.2 Å². The molecule has 0 amide bonds. The summed E-state index contributed by atoms with van der Waals surface area (Å²) in [5.74, 6) is 1.58. The molecule has 0 aliphatic heterocycles. The summed E-state index contributed by atoms with van der Waals surface area (Å²) in [7, 11) is 3.23. The second-order valence-electron chi connectivity index (χ2n) is 5.10. The van der Waals surface area contributed by atoms with Crippen LogP contribution in [-0.4, -0.2) is 19.5 Å². The Hall–Kier alpha value is -1.21. The number of hydrogen-bond acceptors (Lipinski definition) is 3. The molecule has 3 nitrogen and oxygen atoms in total. The minimum atomic E-state index is -0.493. The number of methoxy groups -OCH3 is 2. The van der Waals surface area contributed by atoms with Crippen LogP contribution in [-0.2, 0) is 5.41 Å². The molecular weight excluding hydrogens is 318 g/mol. The van der Waals surface area contributed by atoms with Crippen LogP contribution in [0.5, 0.6) is 11.5 Å². The lowest BCUT2D eigenvalue weighted by atomic mass is 9.70. The Morgan fingerprint density at radius 3 is 2.35 bits per heavy atom. The maximum absolute atomic E-state index is 9.78. The molecule has 4 heteroatoms. The van der Waals surface area contributed by atoms with Crippen LogP contribution in [0.4, 0.5) is 0 Å². The Morgan fingerprint density at radius 1 is 1.25 bits per heavy atom. The molecule has 0 radical (unpaired) electrons. The highest BCUT2D eigenvalue weighted by atomic mass is 79.9. The van der Waals surface area contributed by atoms with Crippen molar-refractivity contribution >= 4 is 15.9 Å². The van der Waals surface area contributed by atoms with E-state index < -0.39 is 5.41 Å². The molecule has 20 heavy (non-hydrogen) atoms. The number of rotatable bonds is 7. The molecule has 0 aliphatic carbocycles. The molecule has 110 valence electrons. The second-order valence-corrected chi connectivity index (χ2v) is 5.89. The number of benzene rings is 1. The first-order chi connectivity index (χ1) is 9.55. The van der Waals surface area contributed by atoms with Crippen molar-refractivity contribution in [1.29, 1.82) is 5.26 Å². The monoisotopic (exact) mass is 339 g/mol. The first kappa shape index (κ1) is 16.8. The minimum Gasteiger partial charge on any atom is -0.493 e. The van der Waals surface area contributed by atoms with Crippen LogP contribution in [0.15, 0.2) is 18.2 Å². The Balaban J connectivity index is 3.31. The Kier molecular flexibility index (Phi) is 6.35. The summed E-state index contributed by atoms with van der Waals surface area (Å²) in [5.41, 5.74) is 0.501. The Labute approximate surface area is 130 Å². The normalized spacial score (nSPS) is 13.7. The fourth-order valence-electron chi connectivity index (χ4n) is 2.48. The van der Waals surface area contributed by atoms with Gasteiger partial charge in [-0.3, -0.25) is 0 Å². The molecule has 1 aromatic rings. The molecule has 0 saturated carbocycles. The zero-order chi connectivity index (χ0) is 15.2. The van der Waals surface area contributed by atoms with E-state index in [2.05, 4.69) is 35.8 Å². The van der Waals surface area contributed by atoms with Gasteiger partial charge in [0.2, 0.25) is 0 Å². The van der Waals surface area contributed by atoms with E-state index in [-0.39, 0.29) is 5.92 Å². The first-order valence-electron chi connectivity index (χ1n) is 6.75. The molecule has 0 fully saturated rings. The fourth-order valence-corrected chi connectivity index (χ4v) is 2.76. The maximum Gasteiger partial charge on any atom is 0.161 e. The van der Waals surface area contributed by atoms with Crippen LogP contribution < -0.4 is 9.47 Å². The van der Waals surface area contributed by atoms with Gasteiger partial charge in [-0.1, -0.05) is 35.8 Å². The SMILES string of the molecule is COc1ccc(C(C#N)(CCCBr)C(C)C)cc1OC. The van der Waals surface area contributed by atoms with Crippen molar-refractivity contribution in [1.82, 2.24) is 0 Å². The summed E-state index contributed by atoms with van der Waals surface area (Å²) < 4.78 is 10.6. The molecule has 1 unspecified atom stereocenters. The fraction of sp³-hybridized carbons (Fsp3) is 0.562. The molecule has 0 aromatic heterocycles. The molecule has 1 rings (SSSR count). The van der Waals surface area contributed by atoms with Gasteiger partial charge in [0.1, 0.15) is 0 Å². The third-order valence-corrected chi connectivity index (χ3v) is 4.35. The molecule has 0 aliphatic rings. The third kappa shape index (κ3) is 3.27. The van der Waals surface area contributed by atoms with Gasteiger partial charge in [-0.25, -0.2) is 0 Å². The van der Waals surface area contributed by atoms with Crippen molar-refractivity contribution in [2.24, 2.45) is 5.92 Å². The average Bonchev–Trinajstić information content (AvgIpc) is 2.47. The van der Waals surface area contributed by atoms with Crippen LogP contribution in [0.2, 0.25) is 0 Å². The van der Waals surface area contributed by atoms with Crippen LogP contribution in [0.1, 0.15) is 32.3 Å². The van der Waals surface area contributed by atoms with Crippen molar-refractivity contribution < 1.29 is 9.47 Å². The summed E-state index contributed by atoms with van der Waals surface area (Å²) in [4.78, 5) is 0. The van der Waals surface area contributed by atoms with E-state index in [1.165, 1.54) is 0 Å². The number of nitriles is 1. The van der Waals surface area contributed by atoms with Gasteiger partial charge in [-0.2, -0.15) is 5.26 Å². The highest BCUT2D eigenvalue weighted by Crippen LogP contribution is 2.40. The molecule has 1 aromatic carbocycles. The quantitative estimate of drug-likeness (QED) is 0.695. The number of halogens is 1. The number of alkyl halides is 1. The summed E-state index contributed by atoms with van der Waals surface area (Å²) >= 11 is 3.45. The van der Waals surface area contributed by atoms with Gasteiger partial charge in [-0.15, -0.1) is 0 Å². The van der Waals surface area contributed by atoms with Crippen LogP contribution >= 0.6 is 15.9 Å². The van der Waals surface area contributed by atoms with E-state index in [0.29, 0.717) is 11.5 Å². The van der Waals surface area contributed by atoms with Gasteiger partial charge in [0, 0.05) is 5.33 Å². The largest absolute Gasteiger partial charge is 0.493 e. The van der Waals surface area contributed by atoms with Crippen molar-refractivity contribution in [3.63, 3.8) is 0 Å². The predicted octanol–water partition coefficient (Wildman–Crippen LogP) is 4.30. The molecule has 0 heterocycles. The average molecular weight is 340 g/mol. The minimum absolute atomic E-state index is 0.227. The molecule has 0 bridgehead atoms. The van der Waals surface area contributed by atoms with Crippen molar-refractivity contribution in [2.45, 2.75) is 32.1 Å². The Morgan fingerprint density at radius 2 is 1.90 bits per heavy atom. The summed E-state index contributed by atoms with van der Waals surface area (Å²) in [6, 6.07) is 8.31. The molecule has 1 atom stereocenters. The van der Waals surface area contributed by atoms with Gasteiger partial charge in [0.25, 0.3) is 0 Å². The lowest BCUT2D eigenvalue weighted by Gasteiger charge is -2.31. The summed E-state index contributed by atoms with van der Waals surface area (Å²) in [5, 5.41) is 10.7. The van der Waals surface area contributed by atoms with Gasteiger partial charge < -0.3 is 9.47 Å². The molecule has 0 N–H and O–H groups in total. The van der Waals surface area contributed by atoms with Crippen LogP contribution in [0.25, 0.3) is 0 Å². The van der Waals surface area contributed by atoms with Crippen molar-refractivity contribution in [3.8, 4) is 17.6 Å². The first-order valence-corrected chi connectivity index (χ1v) is 7.87. The predicted molar refractivity (Wildman–Crippen MR) is 84.7 cm³/mol. The van der Waals surface area contributed by atoms with E-state index in [0.717, 1.165) is 23.7 Å². The highest BCUT2D eigenvalue weighted by Gasteiger charge is 2.36. The standard InChI is InChI=1S/C16H22BrNO2/c1-12(2)16(11-18,8-5-9-17)13-6-7-14(19-3)15(10-13)20-4/h6-7,10,12H,5,8-9H2,1-4H3. The molecule has 0 saturated heterocycles. The van der Waals surface area contributed by atoms with Gasteiger partial charge in [-0.05, 0) is 36.5 Å². The number of hydrogen-bond donors (Lipinski definition) is 0. The van der Waals surface area contributed by atoms with E-state index in [9.17, 15) is 5.26 Å². The van der Waals surface area contributed by atoms with Crippen molar-refractivity contribution in [2.75, 3.05) is 19.5 Å². The van der Waals surface area contributed by atoms with E-state index >= 15 is 0 Å². The molecular formula is C16H22BrNO2. The zero-order valence-corrected chi connectivity index (χ0v) is 14.2. The zero-order valence-electron chi connectivity index (χ0n) is 12.6. The van der Waals surface area contributed by atoms with E-state index in [1.54, 1.807) is 14.2 Å². The van der Waals surface area contributed by atoms with E-state index in [1.807, 2.05) is 18.2 Å². The van der Waals surface area contributed by atoms with Crippen LogP contribution in [0.3, 0.4) is 0 Å². The maximum atomic E-state index is 9.78. The van der Waals surface area contributed by atoms with Gasteiger partial charge >= 0.3 is 0 Å². The number of ether oxygens (including phenoxy) is 2.